The maximum atomic E-state index is 3.48. The van der Waals surface area contributed by atoms with Crippen molar-refractivity contribution in [2.24, 2.45) is 11.8 Å². The summed E-state index contributed by atoms with van der Waals surface area (Å²) in [4.78, 5) is 2.58. The molecule has 0 saturated heterocycles. The molecule has 1 rings (SSSR count). The van der Waals surface area contributed by atoms with E-state index in [1.54, 1.807) is 0 Å². The van der Waals surface area contributed by atoms with Crippen molar-refractivity contribution in [1.82, 2.24) is 10.2 Å². The molecule has 0 aromatic heterocycles. The SMILES string of the molecule is CCNCC1CCC(N(C)CC(C)C)CC1. The Hall–Kier alpha value is -0.0800. The van der Waals surface area contributed by atoms with E-state index in [2.05, 4.69) is 38.0 Å². The average Bonchev–Trinajstić information content (AvgIpc) is 2.26. The van der Waals surface area contributed by atoms with Gasteiger partial charge in [0.2, 0.25) is 0 Å². The highest BCUT2D eigenvalue weighted by atomic mass is 15.1. The van der Waals surface area contributed by atoms with Crippen molar-refractivity contribution < 1.29 is 0 Å². The van der Waals surface area contributed by atoms with Crippen molar-refractivity contribution in [2.45, 2.75) is 52.5 Å². The van der Waals surface area contributed by atoms with Gasteiger partial charge in [0.15, 0.2) is 0 Å². The first-order chi connectivity index (χ1) is 7.63. The van der Waals surface area contributed by atoms with Gasteiger partial charge in [0, 0.05) is 12.6 Å². The molecular formula is C14H30N2. The molecule has 2 nitrogen and oxygen atoms in total. The molecule has 16 heavy (non-hydrogen) atoms. The fraction of sp³-hybridized carbons (Fsp3) is 1.00. The van der Waals surface area contributed by atoms with E-state index in [0.717, 1.165) is 24.4 Å². The standard InChI is InChI=1S/C14H30N2/c1-5-15-10-13-6-8-14(9-7-13)16(4)11-12(2)3/h12-15H,5-11H2,1-4H3. The molecule has 0 unspecified atom stereocenters. The van der Waals surface area contributed by atoms with Crippen LogP contribution in [0.4, 0.5) is 0 Å². The topological polar surface area (TPSA) is 15.3 Å². The quantitative estimate of drug-likeness (QED) is 0.749. The van der Waals surface area contributed by atoms with Gasteiger partial charge in [0.25, 0.3) is 0 Å². The lowest BCUT2D eigenvalue weighted by Gasteiger charge is -2.35. The van der Waals surface area contributed by atoms with Crippen molar-refractivity contribution in [3.8, 4) is 0 Å². The highest BCUT2D eigenvalue weighted by Crippen LogP contribution is 2.26. The van der Waals surface area contributed by atoms with Crippen molar-refractivity contribution in [2.75, 3.05) is 26.7 Å². The molecule has 1 aliphatic carbocycles. The van der Waals surface area contributed by atoms with Gasteiger partial charge in [0.05, 0.1) is 0 Å². The summed E-state index contributed by atoms with van der Waals surface area (Å²) in [6.45, 7) is 10.4. The molecule has 0 radical (unpaired) electrons. The molecule has 2 heteroatoms. The summed E-state index contributed by atoms with van der Waals surface area (Å²) >= 11 is 0. The minimum atomic E-state index is 0.796. The Morgan fingerprint density at radius 2 is 1.81 bits per heavy atom. The fourth-order valence-electron chi connectivity index (χ4n) is 2.86. The highest BCUT2D eigenvalue weighted by Gasteiger charge is 2.23. The van der Waals surface area contributed by atoms with Gasteiger partial charge >= 0.3 is 0 Å². The van der Waals surface area contributed by atoms with E-state index in [0.29, 0.717) is 0 Å². The summed E-state index contributed by atoms with van der Waals surface area (Å²) in [5.74, 6) is 1.73. The maximum Gasteiger partial charge on any atom is 0.00925 e. The fourth-order valence-corrected chi connectivity index (χ4v) is 2.86. The van der Waals surface area contributed by atoms with Gasteiger partial charge in [-0.05, 0) is 57.7 Å². The summed E-state index contributed by atoms with van der Waals surface area (Å²) in [6.07, 6.45) is 5.64. The third-order valence-electron chi connectivity index (χ3n) is 3.78. The molecule has 0 aromatic rings. The van der Waals surface area contributed by atoms with E-state index in [1.807, 2.05) is 0 Å². The van der Waals surface area contributed by atoms with Crippen LogP contribution >= 0.6 is 0 Å². The summed E-state index contributed by atoms with van der Waals surface area (Å²) in [6, 6.07) is 0.847. The van der Waals surface area contributed by atoms with E-state index < -0.39 is 0 Å². The molecule has 0 aromatic carbocycles. The van der Waals surface area contributed by atoms with Crippen LogP contribution < -0.4 is 5.32 Å². The smallest absolute Gasteiger partial charge is 0.00925 e. The normalized spacial score (nSPS) is 26.6. The van der Waals surface area contributed by atoms with Crippen LogP contribution in [0.5, 0.6) is 0 Å². The van der Waals surface area contributed by atoms with E-state index in [4.69, 9.17) is 0 Å². The van der Waals surface area contributed by atoms with Gasteiger partial charge in [-0.3, -0.25) is 0 Å². The van der Waals surface area contributed by atoms with E-state index in [1.165, 1.54) is 38.8 Å². The molecule has 0 bridgehead atoms. The van der Waals surface area contributed by atoms with Gasteiger partial charge < -0.3 is 10.2 Å². The van der Waals surface area contributed by atoms with Crippen molar-refractivity contribution in [3.63, 3.8) is 0 Å². The molecular weight excluding hydrogens is 196 g/mol. The summed E-state index contributed by atoms with van der Waals surface area (Å²) in [5, 5.41) is 3.48. The first-order valence-corrected chi connectivity index (χ1v) is 7.04. The van der Waals surface area contributed by atoms with Crippen LogP contribution in [0.15, 0.2) is 0 Å². The summed E-state index contributed by atoms with van der Waals surface area (Å²) < 4.78 is 0. The van der Waals surface area contributed by atoms with Gasteiger partial charge in [0.1, 0.15) is 0 Å². The number of hydrogen-bond donors (Lipinski definition) is 1. The van der Waals surface area contributed by atoms with E-state index in [-0.39, 0.29) is 0 Å². The summed E-state index contributed by atoms with van der Waals surface area (Å²) in [5.41, 5.74) is 0. The van der Waals surface area contributed by atoms with Gasteiger partial charge in [-0.1, -0.05) is 20.8 Å². The lowest BCUT2D eigenvalue weighted by molar-refractivity contribution is 0.151. The van der Waals surface area contributed by atoms with Crippen molar-refractivity contribution >= 4 is 0 Å². The Bertz CT molecular complexity index is 172. The van der Waals surface area contributed by atoms with Gasteiger partial charge in [-0.15, -0.1) is 0 Å². The molecule has 0 atom stereocenters. The van der Waals surface area contributed by atoms with Crippen LogP contribution in [0, 0.1) is 11.8 Å². The third-order valence-corrected chi connectivity index (χ3v) is 3.78. The Morgan fingerprint density at radius 3 is 2.31 bits per heavy atom. The predicted octanol–water partition coefficient (Wildman–Crippen LogP) is 2.74. The largest absolute Gasteiger partial charge is 0.317 e. The summed E-state index contributed by atoms with van der Waals surface area (Å²) in [7, 11) is 2.30. The molecule has 1 N–H and O–H groups in total. The number of rotatable bonds is 6. The average molecular weight is 226 g/mol. The van der Waals surface area contributed by atoms with Crippen LogP contribution in [0.1, 0.15) is 46.5 Å². The predicted molar refractivity (Wildman–Crippen MR) is 71.8 cm³/mol. The Balaban J connectivity index is 2.20. The molecule has 1 fully saturated rings. The monoisotopic (exact) mass is 226 g/mol. The van der Waals surface area contributed by atoms with Crippen LogP contribution in [0.2, 0.25) is 0 Å². The Labute approximate surface area is 102 Å². The molecule has 0 heterocycles. The molecule has 1 saturated carbocycles. The van der Waals surface area contributed by atoms with Crippen LogP contribution in [-0.2, 0) is 0 Å². The van der Waals surface area contributed by atoms with Crippen LogP contribution in [0.25, 0.3) is 0 Å². The van der Waals surface area contributed by atoms with Gasteiger partial charge in [-0.25, -0.2) is 0 Å². The minimum Gasteiger partial charge on any atom is -0.317 e. The Morgan fingerprint density at radius 1 is 1.19 bits per heavy atom. The molecule has 0 amide bonds. The second kappa shape index (κ2) is 7.29. The van der Waals surface area contributed by atoms with Crippen molar-refractivity contribution in [3.05, 3.63) is 0 Å². The zero-order valence-corrected chi connectivity index (χ0v) is 11.6. The molecule has 1 aliphatic rings. The highest BCUT2D eigenvalue weighted by molar-refractivity contribution is 4.79. The lowest BCUT2D eigenvalue weighted by Crippen LogP contribution is -2.38. The Kier molecular flexibility index (Phi) is 6.37. The zero-order chi connectivity index (χ0) is 12.0. The lowest BCUT2D eigenvalue weighted by atomic mass is 9.85. The molecule has 96 valence electrons. The minimum absolute atomic E-state index is 0.796. The van der Waals surface area contributed by atoms with E-state index in [9.17, 15) is 0 Å². The van der Waals surface area contributed by atoms with Crippen LogP contribution in [-0.4, -0.2) is 37.6 Å². The van der Waals surface area contributed by atoms with Crippen LogP contribution in [0.3, 0.4) is 0 Å². The second-order valence-electron chi connectivity index (χ2n) is 5.82. The first-order valence-electron chi connectivity index (χ1n) is 7.04. The maximum absolute atomic E-state index is 3.48. The number of nitrogens with zero attached hydrogens (tertiary/aromatic N) is 1. The third kappa shape index (κ3) is 4.84. The number of nitrogens with one attached hydrogen (secondary N) is 1. The van der Waals surface area contributed by atoms with E-state index >= 15 is 0 Å². The zero-order valence-electron chi connectivity index (χ0n) is 11.6. The number of hydrogen-bond acceptors (Lipinski definition) is 2. The van der Waals surface area contributed by atoms with Crippen molar-refractivity contribution in [1.29, 1.82) is 0 Å². The second-order valence-corrected chi connectivity index (χ2v) is 5.82. The molecule has 0 spiro atoms. The molecule has 0 aliphatic heterocycles. The van der Waals surface area contributed by atoms with Gasteiger partial charge in [-0.2, -0.15) is 0 Å². The first kappa shape index (κ1) is 14.0.